The van der Waals surface area contributed by atoms with Crippen LogP contribution in [-0.2, 0) is 14.4 Å². The summed E-state index contributed by atoms with van der Waals surface area (Å²) in [4.78, 5) is 51.7. The van der Waals surface area contributed by atoms with E-state index in [1.807, 2.05) is 78.9 Å². The molecule has 470 valence electrons. The van der Waals surface area contributed by atoms with E-state index < -0.39 is 17.9 Å². The van der Waals surface area contributed by atoms with Gasteiger partial charge in [-0.25, -0.2) is 14.4 Å². The maximum atomic E-state index is 11.6. The van der Waals surface area contributed by atoms with Crippen LogP contribution in [0, 0.1) is 50.0 Å². The molecule has 0 bridgehead atoms. The number of carboxylic acid groups (broad SMARTS) is 3. The maximum Gasteiger partial charge on any atom is 0.346 e. The number of aliphatic carboxylic acids is 3. The average Bonchev–Trinajstić information content (AvgIpc) is 1.68. The molecule has 0 fully saturated rings. The standard InChI is InChI=1S/C81H57N7O6S3/c1-52-8-5-11-69(44-52)86(60-20-14-55(15-21-60)76-41-38-72(95-76)47-58(50-82)79(89)90)66-32-26-63(27-33-66)85(64-28-34-67(35-29-64)87(70-12-6-9-53(2)45-70)61-22-16-56(17-23-61)77-42-39-73(96-77)48-59(51-83)80(91)92)65-30-36-68(37-31-65)88(71-13-7-10-54(3)46-71)62-24-18-57(19-25-62)78-43-40-74(97-78)49-75(84-4)81(93)94/h5-49H,1-3H3,(H,89,90)(H,91,92)(H,93,94). The van der Waals surface area contributed by atoms with Crippen LogP contribution in [0.4, 0.5) is 68.2 Å². The molecular weight excluding hydrogens is 1260 g/mol. The van der Waals surface area contributed by atoms with Crippen LogP contribution in [-0.4, -0.2) is 33.2 Å². The van der Waals surface area contributed by atoms with Gasteiger partial charge in [-0.1, -0.05) is 72.8 Å². The third-order valence-electron chi connectivity index (χ3n) is 15.9. The summed E-state index contributed by atoms with van der Waals surface area (Å²) in [6.45, 7) is 13.5. The molecule has 13 nitrogen and oxygen atoms in total. The van der Waals surface area contributed by atoms with Crippen molar-refractivity contribution < 1.29 is 29.7 Å². The van der Waals surface area contributed by atoms with Crippen molar-refractivity contribution in [1.29, 1.82) is 10.5 Å². The van der Waals surface area contributed by atoms with Crippen LogP contribution in [0.5, 0.6) is 0 Å². The molecule has 3 N–H and O–H groups in total. The second-order valence-electron chi connectivity index (χ2n) is 22.6. The fourth-order valence-electron chi connectivity index (χ4n) is 11.3. The molecule has 0 unspecified atom stereocenters. The third kappa shape index (κ3) is 14.6. The molecule has 3 aromatic heterocycles. The number of hydrogen-bond acceptors (Lipinski definition) is 12. The molecule has 0 saturated heterocycles. The Morgan fingerprint density at radius 3 is 0.825 bits per heavy atom. The first-order valence-electron chi connectivity index (χ1n) is 30.4. The Morgan fingerprint density at radius 1 is 0.351 bits per heavy atom. The number of anilines is 12. The van der Waals surface area contributed by atoms with Crippen molar-refractivity contribution in [2.24, 2.45) is 0 Å². The van der Waals surface area contributed by atoms with Crippen molar-refractivity contribution in [3.8, 4) is 43.5 Å². The van der Waals surface area contributed by atoms with Crippen molar-refractivity contribution in [2.75, 3.05) is 19.6 Å². The molecule has 16 heteroatoms. The van der Waals surface area contributed by atoms with Crippen molar-refractivity contribution in [3.05, 3.63) is 314 Å². The van der Waals surface area contributed by atoms with Crippen molar-refractivity contribution in [3.63, 3.8) is 0 Å². The highest BCUT2D eigenvalue weighted by Crippen LogP contribution is 2.45. The van der Waals surface area contributed by atoms with E-state index >= 15 is 0 Å². The molecule has 0 radical (unpaired) electrons. The fraction of sp³-hybridized carbons (Fsp3) is 0.0370. The van der Waals surface area contributed by atoms with Gasteiger partial charge in [-0.3, -0.25) is 4.79 Å². The summed E-state index contributed by atoms with van der Waals surface area (Å²) >= 11 is 4.24. The van der Waals surface area contributed by atoms with Gasteiger partial charge in [0.2, 0.25) is 0 Å². The Kier molecular flexibility index (Phi) is 19.1. The van der Waals surface area contributed by atoms with Gasteiger partial charge in [-0.05, 0) is 254 Å². The summed E-state index contributed by atoms with van der Waals surface area (Å²) in [5, 5.41) is 47.2. The number of thiophene rings is 3. The first-order chi connectivity index (χ1) is 47.1. The van der Waals surface area contributed by atoms with E-state index in [-0.39, 0.29) is 16.8 Å². The van der Waals surface area contributed by atoms with E-state index in [4.69, 9.17) is 6.57 Å². The highest BCUT2D eigenvalue weighted by Gasteiger charge is 2.22. The van der Waals surface area contributed by atoms with Crippen molar-refractivity contribution in [1.82, 2.24) is 0 Å². The molecule has 0 aliphatic rings. The van der Waals surface area contributed by atoms with E-state index in [0.717, 1.165) is 116 Å². The third-order valence-corrected chi connectivity index (χ3v) is 19.1. The number of carbonyl (C=O) groups is 3. The lowest BCUT2D eigenvalue weighted by Gasteiger charge is -2.30. The van der Waals surface area contributed by atoms with Crippen LogP contribution < -0.4 is 19.6 Å². The second-order valence-corrected chi connectivity index (χ2v) is 25.9. The number of aryl methyl sites for hydroxylation is 3. The molecule has 0 atom stereocenters. The van der Waals surface area contributed by atoms with Gasteiger partial charge in [0, 0.05) is 97.5 Å². The van der Waals surface area contributed by atoms with Gasteiger partial charge < -0.3 is 34.9 Å². The summed E-state index contributed by atoms with van der Waals surface area (Å²) < 4.78 is 0. The van der Waals surface area contributed by atoms with Gasteiger partial charge in [-0.15, -0.1) is 34.0 Å². The predicted molar refractivity (Wildman–Crippen MR) is 394 cm³/mol. The van der Waals surface area contributed by atoms with Crippen molar-refractivity contribution >= 4 is 138 Å². The number of rotatable bonds is 21. The number of carboxylic acids is 3. The van der Waals surface area contributed by atoms with Crippen LogP contribution in [0.25, 0.3) is 54.4 Å². The number of nitriles is 2. The molecular formula is C81H57N7O6S3. The number of benzene rings is 9. The van der Waals surface area contributed by atoms with Crippen LogP contribution in [0.1, 0.15) is 31.3 Å². The summed E-state index contributed by atoms with van der Waals surface area (Å²) in [5.41, 5.74) is 16.2. The average molecular weight is 1320 g/mol. The minimum Gasteiger partial charge on any atom is -0.486 e. The summed E-state index contributed by atoms with van der Waals surface area (Å²) in [6, 6.07) is 90.2. The van der Waals surface area contributed by atoms with Gasteiger partial charge in [0.05, 0.1) is 6.57 Å². The van der Waals surface area contributed by atoms with Gasteiger partial charge in [0.15, 0.2) is 0 Å². The maximum absolute atomic E-state index is 11.6. The van der Waals surface area contributed by atoms with Crippen LogP contribution >= 0.6 is 34.0 Å². The summed E-state index contributed by atoms with van der Waals surface area (Å²) in [5.74, 6) is -3.80. The molecule has 0 aliphatic heterocycles. The lowest BCUT2D eigenvalue weighted by Crippen LogP contribution is -2.14. The molecule has 12 aromatic rings. The fourth-order valence-corrected chi connectivity index (χ4v) is 14.1. The topological polar surface area (TPSA) is 177 Å². The van der Waals surface area contributed by atoms with E-state index in [1.165, 1.54) is 52.2 Å². The molecule has 3 heterocycles. The SMILES string of the molecule is [C-]#[N+]C(=Cc1ccc(-c2ccc(N(c3ccc(N(c4ccc(N(c5ccc(-c6ccc(C=C(C#N)C(=O)O)s6)cc5)c5cccc(C)c5)cc4)c4ccc(N(c5ccc(-c6ccc(C=C(C#N)C(=O)O)s6)cc5)c5cccc(C)c5)cc4)cc3)c3cccc(C)c3)cc2)s1)C(=O)O. The van der Waals surface area contributed by atoms with Gasteiger partial charge >= 0.3 is 17.9 Å². The highest BCUT2D eigenvalue weighted by molar-refractivity contribution is 7.17. The first-order valence-corrected chi connectivity index (χ1v) is 32.9. The normalized spacial score (nSPS) is 11.4. The minimum atomic E-state index is -1.27. The van der Waals surface area contributed by atoms with E-state index in [9.17, 15) is 40.2 Å². The Balaban J connectivity index is 0.921. The molecule has 97 heavy (non-hydrogen) atoms. The number of hydrogen-bond donors (Lipinski definition) is 3. The quantitative estimate of drug-likeness (QED) is 0.0353. The predicted octanol–water partition coefficient (Wildman–Crippen LogP) is 22.0. The number of nitrogens with zero attached hydrogens (tertiary/aromatic N) is 7. The Hall–Kier alpha value is -12.6. The van der Waals surface area contributed by atoms with E-state index in [1.54, 1.807) is 12.1 Å². The summed E-state index contributed by atoms with van der Waals surface area (Å²) in [6.07, 6.45) is 4.18. The molecule has 0 amide bonds. The first kappa shape index (κ1) is 64.5. The molecule has 0 aliphatic carbocycles. The van der Waals surface area contributed by atoms with Gasteiger partial charge in [0.25, 0.3) is 5.70 Å². The Morgan fingerprint density at radius 2 is 0.598 bits per heavy atom. The monoisotopic (exact) mass is 1320 g/mol. The minimum absolute atomic E-state index is 0.328. The van der Waals surface area contributed by atoms with E-state index in [2.05, 4.69) is 221 Å². The largest absolute Gasteiger partial charge is 0.486 e. The van der Waals surface area contributed by atoms with Crippen LogP contribution in [0.2, 0.25) is 0 Å². The lowest BCUT2D eigenvalue weighted by molar-refractivity contribution is -0.133. The molecule has 12 rings (SSSR count). The highest BCUT2D eigenvalue weighted by atomic mass is 32.1. The summed E-state index contributed by atoms with van der Waals surface area (Å²) in [7, 11) is 0. The molecule has 0 saturated carbocycles. The smallest absolute Gasteiger partial charge is 0.346 e. The zero-order valence-corrected chi connectivity index (χ0v) is 54.9. The lowest BCUT2D eigenvalue weighted by atomic mass is 10.1. The van der Waals surface area contributed by atoms with Gasteiger partial charge in [-0.2, -0.15) is 10.5 Å². The Labute approximate surface area is 573 Å². The zero-order valence-electron chi connectivity index (χ0n) is 52.4. The van der Waals surface area contributed by atoms with Gasteiger partial charge in [0.1, 0.15) is 23.3 Å². The van der Waals surface area contributed by atoms with Crippen molar-refractivity contribution in [2.45, 2.75) is 20.8 Å². The molecule has 9 aromatic carbocycles. The van der Waals surface area contributed by atoms with Crippen LogP contribution in [0.15, 0.2) is 272 Å². The van der Waals surface area contributed by atoms with E-state index in [0.29, 0.717) is 14.6 Å². The van der Waals surface area contributed by atoms with Crippen LogP contribution in [0.3, 0.4) is 0 Å². The zero-order chi connectivity index (χ0) is 67.7. The second kappa shape index (κ2) is 28.7. The Bertz CT molecular complexity index is 4650. The molecule has 0 spiro atoms.